The Hall–Kier alpha value is 0.316. The van der Waals surface area contributed by atoms with Gasteiger partial charge in [0.15, 0.2) is 0 Å². The number of ether oxygens (including phenoxy) is 1. The standard InChI is InChI=1S/C5H6N3O.CH3.K/c1-9-4-2-3-7-5(6)8-4;;/h2-3H,1H3,(H-,6,7,8);1H3;/q2*-1;+1. The van der Waals surface area contributed by atoms with Crippen LogP contribution in [0.25, 0.3) is 5.73 Å². The summed E-state index contributed by atoms with van der Waals surface area (Å²) in [6.45, 7) is 0. The Kier molecular flexibility index (Phi) is 8.82. The van der Waals surface area contributed by atoms with Gasteiger partial charge in [0.1, 0.15) is 5.88 Å². The van der Waals surface area contributed by atoms with E-state index in [2.05, 4.69) is 9.97 Å². The van der Waals surface area contributed by atoms with E-state index in [1.54, 1.807) is 6.07 Å². The fraction of sp³-hybridized carbons (Fsp3) is 0.167. The van der Waals surface area contributed by atoms with Gasteiger partial charge in [0.25, 0.3) is 0 Å². The average Bonchev–Trinajstić information content (AvgIpc) is 1.88. The Balaban J connectivity index is 0. The van der Waals surface area contributed by atoms with Crippen molar-refractivity contribution in [3.05, 3.63) is 25.4 Å². The second-order valence-corrected chi connectivity index (χ2v) is 1.42. The van der Waals surface area contributed by atoms with Gasteiger partial charge >= 0.3 is 51.4 Å². The molecule has 1 aromatic rings. The molecule has 4 nitrogen and oxygen atoms in total. The van der Waals surface area contributed by atoms with E-state index in [-0.39, 0.29) is 64.8 Å². The molecule has 0 saturated heterocycles. The van der Waals surface area contributed by atoms with Gasteiger partial charge in [-0.1, -0.05) is 0 Å². The maximum atomic E-state index is 6.94. The molecule has 1 rings (SSSR count). The van der Waals surface area contributed by atoms with E-state index in [1.807, 2.05) is 0 Å². The molecule has 5 heteroatoms. The molecule has 11 heavy (non-hydrogen) atoms. The SMILES string of the molecule is COc1ccnc([NH-])n1.[CH3-].[K+]. The Morgan fingerprint density at radius 1 is 1.55 bits per heavy atom. The van der Waals surface area contributed by atoms with Crippen LogP contribution < -0.4 is 56.1 Å². The molecule has 0 aromatic carbocycles. The molecule has 0 fully saturated rings. The molecule has 56 valence electrons. The molecule has 0 atom stereocenters. The number of nitrogens with one attached hydrogen (secondary N) is 1. The molecule has 1 heterocycles. The van der Waals surface area contributed by atoms with Gasteiger partial charge < -0.3 is 27.9 Å². The van der Waals surface area contributed by atoms with Gasteiger partial charge in [0, 0.05) is 5.95 Å². The summed E-state index contributed by atoms with van der Waals surface area (Å²) in [5.74, 6) is 0.407. The van der Waals surface area contributed by atoms with E-state index < -0.39 is 0 Å². The quantitative estimate of drug-likeness (QED) is 0.393. The minimum atomic E-state index is -0.0191. The van der Waals surface area contributed by atoms with E-state index in [0.717, 1.165) is 0 Å². The predicted octanol–water partition coefficient (Wildman–Crippen LogP) is -1.38. The predicted molar refractivity (Wildman–Crippen MR) is 39.0 cm³/mol. The summed E-state index contributed by atoms with van der Waals surface area (Å²) in [5.41, 5.74) is 6.94. The molecular weight excluding hydrogens is 169 g/mol. The maximum Gasteiger partial charge on any atom is 1.00 e. The van der Waals surface area contributed by atoms with Crippen LogP contribution in [0.2, 0.25) is 0 Å². The number of hydrogen-bond donors (Lipinski definition) is 0. The number of methoxy groups -OCH3 is 1. The van der Waals surface area contributed by atoms with Gasteiger partial charge in [-0.15, -0.1) is 0 Å². The molecule has 0 aliphatic rings. The van der Waals surface area contributed by atoms with Gasteiger partial charge in [-0.05, 0) is 12.3 Å². The Morgan fingerprint density at radius 2 is 2.18 bits per heavy atom. The van der Waals surface area contributed by atoms with Crippen molar-refractivity contribution in [3.8, 4) is 5.88 Å². The van der Waals surface area contributed by atoms with Crippen LogP contribution in [0.4, 0.5) is 5.95 Å². The zero-order valence-corrected chi connectivity index (χ0v) is 10.1. The third kappa shape index (κ3) is 4.70. The van der Waals surface area contributed by atoms with Crippen LogP contribution in [0.1, 0.15) is 0 Å². The van der Waals surface area contributed by atoms with Crippen molar-refractivity contribution in [2.24, 2.45) is 0 Å². The molecule has 1 N–H and O–H groups in total. The second kappa shape index (κ2) is 6.99. The van der Waals surface area contributed by atoms with E-state index >= 15 is 0 Å². The van der Waals surface area contributed by atoms with Crippen molar-refractivity contribution in [2.45, 2.75) is 0 Å². The minimum Gasteiger partial charge on any atom is -0.493 e. The first-order valence-electron chi connectivity index (χ1n) is 2.41. The van der Waals surface area contributed by atoms with E-state index in [9.17, 15) is 0 Å². The molecule has 0 aliphatic carbocycles. The molecular formula is C6H9KN3O-. The largest absolute Gasteiger partial charge is 1.00 e. The summed E-state index contributed by atoms with van der Waals surface area (Å²) in [4.78, 5) is 7.19. The van der Waals surface area contributed by atoms with Crippen molar-refractivity contribution in [2.75, 3.05) is 7.11 Å². The number of hydrogen-bond acceptors (Lipinski definition) is 3. The van der Waals surface area contributed by atoms with Crippen molar-refractivity contribution in [3.63, 3.8) is 0 Å². The monoisotopic (exact) mass is 178 g/mol. The first kappa shape index (κ1) is 13.9. The second-order valence-electron chi connectivity index (χ2n) is 1.42. The smallest absolute Gasteiger partial charge is 0.493 e. The van der Waals surface area contributed by atoms with Gasteiger partial charge in [-0.3, -0.25) is 0 Å². The minimum absolute atomic E-state index is 0. The van der Waals surface area contributed by atoms with Crippen LogP contribution in [0.15, 0.2) is 12.3 Å². The van der Waals surface area contributed by atoms with Crippen LogP contribution in [0, 0.1) is 7.43 Å². The molecule has 0 aliphatic heterocycles. The summed E-state index contributed by atoms with van der Waals surface area (Å²) in [6, 6.07) is 1.60. The third-order valence-corrected chi connectivity index (χ3v) is 0.839. The van der Waals surface area contributed by atoms with Crippen molar-refractivity contribution < 1.29 is 56.1 Å². The number of aromatic nitrogens is 2. The zero-order valence-electron chi connectivity index (χ0n) is 6.96. The summed E-state index contributed by atoms with van der Waals surface area (Å²) >= 11 is 0. The van der Waals surface area contributed by atoms with Crippen LogP contribution in [0.3, 0.4) is 0 Å². The Morgan fingerprint density at radius 3 is 2.55 bits per heavy atom. The fourth-order valence-electron chi connectivity index (χ4n) is 0.456. The zero-order chi connectivity index (χ0) is 6.69. The van der Waals surface area contributed by atoms with Gasteiger partial charge in [0.2, 0.25) is 0 Å². The van der Waals surface area contributed by atoms with Gasteiger partial charge in [-0.25, -0.2) is 0 Å². The molecule has 0 saturated carbocycles. The normalized spacial score (nSPS) is 7.36. The van der Waals surface area contributed by atoms with Gasteiger partial charge in [0.05, 0.1) is 7.11 Å². The van der Waals surface area contributed by atoms with E-state index in [4.69, 9.17) is 10.5 Å². The van der Waals surface area contributed by atoms with Crippen molar-refractivity contribution in [1.82, 2.24) is 9.97 Å². The number of nitrogens with zero attached hydrogens (tertiary/aromatic N) is 2. The molecule has 0 amide bonds. The van der Waals surface area contributed by atoms with Gasteiger partial charge in [-0.2, -0.15) is 0 Å². The van der Waals surface area contributed by atoms with Crippen molar-refractivity contribution >= 4 is 5.95 Å². The fourth-order valence-corrected chi connectivity index (χ4v) is 0.456. The maximum absolute atomic E-state index is 6.94. The topological polar surface area (TPSA) is 58.8 Å². The summed E-state index contributed by atoms with van der Waals surface area (Å²) in [7, 11) is 1.50. The average molecular weight is 178 g/mol. The Labute approximate surface area is 109 Å². The first-order chi connectivity index (χ1) is 4.33. The molecule has 0 radical (unpaired) electrons. The summed E-state index contributed by atoms with van der Waals surface area (Å²) in [6.07, 6.45) is 1.48. The molecule has 0 bridgehead atoms. The van der Waals surface area contributed by atoms with E-state index in [1.165, 1.54) is 13.3 Å². The Bertz CT molecular complexity index is 207. The molecule has 1 aromatic heterocycles. The van der Waals surface area contributed by atoms with Crippen LogP contribution in [-0.2, 0) is 0 Å². The van der Waals surface area contributed by atoms with Crippen LogP contribution in [-0.4, -0.2) is 17.1 Å². The number of rotatable bonds is 1. The van der Waals surface area contributed by atoms with Crippen LogP contribution in [0.5, 0.6) is 5.88 Å². The molecule has 0 spiro atoms. The van der Waals surface area contributed by atoms with E-state index in [0.29, 0.717) is 5.88 Å². The third-order valence-electron chi connectivity index (χ3n) is 0.839. The summed E-state index contributed by atoms with van der Waals surface area (Å²) < 4.78 is 4.72. The van der Waals surface area contributed by atoms with Crippen LogP contribution >= 0.6 is 0 Å². The van der Waals surface area contributed by atoms with Crippen molar-refractivity contribution in [1.29, 1.82) is 0 Å². The first-order valence-corrected chi connectivity index (χ1v) is 2.41. The summed E-state index contributed by atoms with van der Waals surface area (Å²) in [5, 5.41) is 0. The molecule has 0 unspecified atom stereocenters.